The maximum absolute atomic E-state index is 15.7. The van der Waals surface area contributed by atoms with Gasteiger partial charge in [-0.3, -0.25) is 19.5 Å². The van der Waals surface area contributed by atoms with Crippen LogP contribution in [0.5, 0.6) is 0 Å². The third-order valence-electron chi connectivity index (χ3n) is 8.58. The first kappa shape index (κ1) is 22.6. The van der Waals surface area contributed by atoms with Crippen LogP contribution in [0, 0.1) is 17.7 Å². The van der Waals surface area contributed by atoms with Crippen LogP contribution in [0.15, 0.2) is 47.7 Å². The lowest BCUT2D eigenvalue weighted by Gasteiger charge is -2.25. The number of carbonyl (C=O) groups is 2. The van der Waals surface area contributed by atoms with E-state index in [0.717, 1.165) is 60.8 Å². The SMILES string of the molecule is O=C(C1CC1)N1CCC(CN2C(=O)C3(CCCC3)N=C2c2ccc(-c3ccc4nc[nH]c4c3)cc2F)C1. The summed E-state index contributed by atoms with van der Waals surface area (Å²) in [6.45, 7) is 1.88. The van der Waals surface area contributed by atoms with Crippen LogP contribution >= 0.6 is 0 Å². The molecule has 2 amide bonds. The molecule has 1 spiro atoms. The van der Waals surface area contributed by atoms with Crippen LogP contribution in [0.3, 0.4) is 0 Å². The molecule has 7 nitrogen and oxygen atoms in total. The highest BCUT2D eigenvalue weighted by Gasteiger charge is 2.51. The van der Waals surface area contributed by atoms with E-state index in [1.165, 1.54) is 6.07 Å². The number of carbonyl (C=O) groups excluding carboxylic acids is 2. The van der Waals surface area contributed by atoms with E-state index in [4.69, 9.17) is 4.99 Å². The Balaban J connectivity index is 1.18. The van der Waals surface area contributed by atoms with E-state index in [-0.39, 0.29) is 29.5 Å². The Morgan fingerprint density at radius 2 is 1.86 bits per heavy atom. The highest BCUT2D eigenvalue weighted by atomic mass is 19.1. The summed E-state index contributed by atoms with van der Waals surface area (Å²) in [7, 11) is 0. The first-order valence-electron chi connectivity index (χ1n) is 13.4. The van der Waals surface area contributed by atoms with Crippen molar-refractivity contribution in [2.45, 2.75) is 50.5 Å². The van der Waals surface area contributed by atoms with Crippen molar-refractivity contribution < 1.29 is 14.0 Å². The second-order valence-corrected chi connectivity index (χ2v) is 11.1. The summed E-state index contributed by atoms with van der Waals surface area (Å²) in [6, 6.07) is 11.0. The van der Waals surface area contributed by atoms with Crippen LogP contribution in [0.1, 0.15) is 50.5 Å². The Morgan fingerprint density at radius 3 is 2.65 bits per heavy atom. The number of hydrogen-bond acceptors (Lipinski definition) is 4. The molecule has 3 aromatic rings. The summed E-state index contributed by atoms with van der Waals surface area (Å²) in [4.78, 5) is 42.3. The average Bonchev–Trinajstić information content (AvgIpc) is 3.25. The number of likely N-dealkylation sites (tertiary alicyclic amines) is 1. The Labute approximate surface area is 214 Å². The van der Waals surface area contributed by atoms with Gasteiger partial charge in [-0.05, 0) is 73.4 Å². The number of amides is 2. The van der Waals surface area contributed by atoms with E-state index in [0.29, 0.717) is 37.3 Å². The number of nitrogens with one attached hydrogen (secondary N) is 1. The Morgan fingerprint density at radius 1 is 1.08 bits per heavy atom. The fourth-order valence-corrected chi connectivity index (χ4v) is 6.34. The van der Waals surface area contributed by atoms with Gasteiger partial charge in [0.1, 0.15) is 17.2 Å². The van der Waals surface area contributed by atoms with Gasteiger partial charge >= 0.3 is 0 Å². The number of aromatic nitrogens is 2. The lowest BCUT2D eigenvalue weighted by atomic mass is 9.97. The van der Waals surface area contributed by atoms with Gasteiger partial charge in [-0.25, -0.2) is 9.37 Å². The number of aliphatic imine (C=N–C) groups is 1. The molecule has 1 saturated heterocycles. The average molecular weight is 500 g/mol. The van der Waals surface area contributed by atoms with Crippen molar-refractivity contribution in [3.63, 3.8) is 0 Å². The first-order chi connectivity index (χ1) is 18.0. The molecule has 0 radical (unpaired) electrons. The molecule has 2 aliphatic heterocycles. The van der Waals surface area contributed by atoms with Crippen molar-refractivity contribution in [1.82, 2.24) is 19.8 Å². The summed E-state index contributed by atoms with van der Waals surface area (Å²) in [5.41, 5.74) is 3.02. The zero-order chi connectivity index (χ0) is 25.1. The fourth-order valence-electron chi connectivity index (χ4n) is 6.34. The molecule has 1 N–H and O–H groups in total. The van der Waals surface area contributed by atoms with Crippen LogP contribution in [0.2, 0.25) is 0 Å². The van der Waals surface area contributed by atoms with Gasteiger partial charge in [-0.1, -0.05) is 25.0 Å². The number of H-pyrrole nitrogens is 1. The van der Waals surface area contributed by atoms with E-state index in [9.17, 15) is 9.59 Å². The van der Waals surface area contributed by atoms with E-state index in [1.54, 1.807) is 17.3 Å². The van der Waals surface area contributed by atoms with Crippen molar-refractivity contribution in [2.75, 3.05) is 19.6 Å². The molecule has 4 aliphatic rings. The van der Waals surface area contributed by atoms with Crippen LogP contribution in [-0.2, 0) is 9.59 Å². The minimum Gasteiger partial charge on any atom is -0.345 e. The van der Waals surface area contributed by atoms with Crippen LogP contribution in [-0.4, -0.2) is 62.6 Å². The third-order valence-corrected chi connectivity index (χ3v) is 8.58. The molecule has 1 atom stereocenters. The molecule has 190 valence electrons. The van der Waals surface area contributed by atoms with Gasteiger partial charge in [0.15, 0.2) is 0 Å². The molecule has 2 aliphatic carbocycles. The number of hydrogen-bond donors (Lipinski definition) is 1. The summed E-state index contributed by atoms with van der Waals surface area (Å²) in [5.74, 6) is 0.703. The second kappa shape index (κ2) is 8.50. The molecule has 3 fully saturated rings. The maximum atomic E-state index is 15.7. The lowest BCUT2D eigenvalue weighted by Crippen LogP contribution is -2.44. The predicted molar refractivity (Wildman–Crippen MR) is 138 cm³/mol. The molecular weight excluding hydrogens is 469 g/mol. The van der Waals surface area contributed by atoms with Gasteiger partial charge in [0.25, 0.3) is 5.91 Å². The van der Waals surface area contributed by atoms with Crippen LogP contribution in [0.4, 0.5) is 4.39 Å². The molecule has 2 saturated carbocycles. The van der Waals surface area contributed by atoms with E-state index >= 15 is 4.39 Å². The molecule has 1 unspecified atom stereocenters. The molecular formula is C29H30FN5O2. The summed E-state index contributed by atoms with van der Waals surface area (Å²) >= 11 is 0. The Bertz CT molecular complexity index is 1440. The number of imidazole rings is 1. The zero-order valence-electron chi connectivity index (χ0n) is 20.8. The zero-order valence-corrected chi connectivity index (χ0v) is 20.8. The summed E-state index contributed by atoms with van der Waals surface area (Å²) < 4.78 is 15.7. The number of fused-ring (bicyclic) bond motifs is 1. The third kappa shape index (κ3) is 3.85. The van der Waals surface area contributed by atoms with Crippen molar-refractivity contribution >= 4 is 28.7 Å². The highest BCUT2D eigenvalue weighted by Crippen LogP contribution is 2.41. The van der Waals surface area contributed by atoms with Crippen molar-refractivity contribution in [2.24, 2.45) is 16.8 Å². The lowest BCUT2D eigenvalue weighted by molar-refractivity contribution is -0.131. The minimum atomic E-state index is -0.756. The van der Waals surface area contributed by atoms with Gasteiger partial charge in [-0.2, -0.15) is 0 Å². The van der Waals surface area contributed by atoms with E-state index < -0.39 is 5.54 Å². The normalized spacial score (nSPS) is 23.0. The Hall–Kier alpha value is -3.55. The fraction of sp³-hybridized carbons (Fsp3) is 0.448. The molecule has 1 aromatic heterocycles. The van der Waals surface area contributed by atoms with Crippen molar-refractivity contribution in [3.05, 3.63) is 54.1 Å². The van der Waals surface area contributed by atoms with Gasteiger partial charge in [-0.15, -0.1) is 0 Å². The molecule has 3 heterocycles. The maximum Gasteiger partial charge on any atom is 0.256 e. The molecule has 7 rings (SSSR count). The molecule has 2 aromatic carbocycles. The summed E-state index contributed by atoms with van der Waals surface area (Å²) in [6.07, 6.45) is 7.84. The Kier molecular flexibility index (Phi) is 5.20. The molecule has 37 heavy (non-hydrogen) atoms. The molecule has 0 bridgehead atoms. The second-order valence-electron chi connectivity index (χ2n) is 11.1. The van der Waals surface area contributed by atoms with Crippen LogP contribution < -0.4 is 0 Å². The highest BCUT2D eigenvalue weighted by molar-refractivity contribution is 6.15. The topological polar surface area (TPSA) is 81.7 Å². The smallest absolute Gasteiger partial charge is 0.256 e. The standard InChI is InChI=1S/C29H30FN5O2/c30-23-13-20(21-6-8-24-25(14-21)32-17-31-24)5-7-22(23)26-33-29(10-1-2-11-29)28(37)35(26)16-18-9-12-34(15-18)27(36)19-3-4-19/h5-8,13-14,17-19H,1-4,9-12,15-16H2,(H,31,32). The largest absolute Gasteiger partial charge is 0.345 e. The first-order valence-corrected chi connectivity index (χ1v) is 13.4. The van der Waals surface area contributed by atoms with Crippen molar-refractivity contribution in [3.8, 4) is 11.1 Å². The van der Waals surface area contributed by atoms with E-state index in [1.807, 2.05) is 29.2 Å². The van der Waals surface area contributed by atoms with E-state index in [2.05, 4.69) is 9.97 Å². The van der Waals surface area contributed by atoms with Gasteiger partial charge in [0, 0.05) is 25.6 Å². The van der Waals surface area contributed by atoms with Gasteiger partial charge < -0.3 is 9.88 Å². The number of halogens is 1. The van der Waals surface area contributed by atoms with Gasteiger partial charge in [0.05, 0.1) is 22.9 Å². The van der Waals surface area contributed by atoms with Crippen LogP contribution in [0.25, 0.3) is 22.2 Å². The number of amidine groups is 1. The quantitative estimate of drug-likeness (QED) is 0.560. The van der Waals surface area contributed by atoms with Crippen molar-refractivity contribution in [1.29, 1.82) is 0 Å². The molecule has 8 heteroatoms. The summed E-state index contributed by atoms with van der Waals surface area (Å²) in [5, 5.41) is 0. The predicted octanol–water partition coefficient (Wildman–Crippen LogP) is 4.53. The number of aromatic amines is 1. The number of nitrogens with zero attached hydrogens (tertiary/aromatic N) is 4. The number of benzene rings is 2. The van der Waals surface area contributed by atoms with Gasteiger partial charge in [0.2, 0.25) is 5.91 Å². The number of rotatable bonds is 5. The monoisotopic (exact) mass is 499 g/mol. The minimum absolute atomic E-state index is 0.000132.